The summed E-state index contributed by atoms with van der Waals surface area (Å²) in [7, 11) is 0. The molecule has 0 aromatic heterocycles. The van der Waals surface area contributed by atoms with Crippen LogP contribution in [-0.2, 0) is 10.2 Å². The SMILES string of the molecule is CC(C)(C)NC(=O)C(c1ccccc1)(c1ccccc1)c1ccccc1. The van der Waals surface area contributed by atoms with E-state index in [1.807, 2.05) is 112 Å². The molecule has 1 amide bonds. The summed E-state index contributed by atoms with van der Waals surface area (Å²) in [5, 5.41) is 3.22. The van der Waals surface area contributed by atoms with Gasteiger partial charge in [-0.15, -0.1) is 0 Å². The highest BCUT2D eigenvalue weighted by molar-refractivity contribution is 5.96. The second kappa shape index (κ2) is 7.17. The molecule has 3 aromatic rings. The average Bonchev–Trinajstić information content (AvgIpc) is 2.64. The fourth-order valence-electron chi connectivity index (χ4n) is 3.39. The highest BCUT2D eigenvalue weighted by atomic mass is 16.2. The summed E-state index contributed by atoms with van der Waals surface area (Å²) in [6, 6.07) is 30.0. The number of hydrogen-bond acceptors (Lipinski definition) is 1. The molecular weight excluding hydrogens is 318 g/mol. The molecule has 0 aliphatic heterocycles. The maximum atomic E-state index is 13.8. The van der Waals surface area contributed by atoms with Gasteiger partial charge < -0.3 is 5.32 Å². The van der Waals surface area contributed by atoms with Gasteiger partial charge in [-0.05, 0) is 37.5 Å². The third-order valence-corrected chi connectivity index (χ3v) is 4.45. The Hall–Kier alpha value is -2.87. The van der Waals surface area contributed by atoms with Crippen molar-refractivity contribution in [2.24, 2.45) is 0 Å². The Bertz CT molecular complexity index is 752. The fraction of sp³-hybridized carbons (Fsp3) is 0.208. The molecule has 0 atom stereocenters. The molecule has 26 heavy (non-hydrogen) atoms. The number of carbonyl (C=O) groups excluding carboxylic acids is 1. The summed E-state index contributed by atoms with van der Waals surface area (Å²) in [4.78, 5) is 13.8. The van der Waals surface area contributed by atoms with E-state index in [1.165, 1.54) is 0 Å². The van der Waals surface area contributed by atoms with Crippen LogP contribution in [-0.4, -0.2) is 11.4 Å². The summed E-state index contributed by atoms with van der Waals surface area (Å²) >= 11 is 0. The minimum Gasteiger partial charge on any atom is -0.350 e. The quantitative estimate of drug-likeness (QED) is 0.668. The smallest absolute Gasteiger partial charge is 0.240 e. The van der Waals surface area contributed by atoms with Crippen molar-refractivity contribution in [1.82, 2.24) is 5.32 Å². The van der Waals surface area contributed by atoms with E-state index in [0.717, 1.165) is 16.7 Å². The van der Waals surface area contributed by atoms with E-state index in [9.17, 15) is 4.79 Å². The third-order valence-electron chi connectivity index (χ3n) is 4.45. The number of rotatable bonds is 4. The Kier molecular flexibility index (Phi) is 4.94. The molecule has 0 unspecified atom stereocenters. The van der Waals surface area contributed by atoms with Gasteiger partial charge in [0, 0.05) is 5.54 Å². The van der Waals surface area contributed by atoms with Gasteiger partial charge in [0.2, 0.25) is 5.91 Å². The molecule has 0 heterocycles. The molecule has 2 nitrogen and oxygen atoms in total. The van der Waals surface area contributed by atoms with E-state index < -0.39 is 5.41 Å². The Balaban J connectivity index is 2.34. The van der Waals surface area contributed by atoms with Crippen LogP contribution in [0.3, 0.4) is 0 Å². The van der Waals surface area contributed by atoms with Crippen molar-refractivity contribution >= 4 is 5.91 Å². The molecule has 0 aliphatic carbocycles. The molecule has 0 radical (unpaired) electrons. The molecule has 3 aromatic carbocycles. The number of benzene rings is 3. The normalized spacial score (nSPS) is 11.8. The van der Waals surface area contributed by atoms with Crippen molar-refractivity contribution in [3.8, 4) is 0 Å². The van der Waals surface area contributed by atoms with Gasteiger partial charge in [-0.25, -0.2) is 0 Å². The van der Waals surface area contributed by atoms with Crippen LogP contribution in [0.25, 0.3) is 0 Å². The van der Waals surface area contributed by atoms with Gasteiger partial charge in [0.25, 0.3) is 0 Å². The zero-order valence-corrected chi connectivity index (χ0v) is 15.6. The molecule has 0 bridgehead atoms. The number of carbonyl (C=O) groups is 1. The topological polar surface area (TPSA) is 29.1 Å². The number of amides is 1. The van der Waals surface area contributed by atoms with Crippen LogP contribution in [0.2, 0.25) is 0 Å². The first-order valence-electron chi connectivity index (χ1n) is 8.94. The van der Waals surface area contributed by atoms with Crippen molar-refractivity contribution in [3.63, 3.8) is 0 Å². The van der Waals surface area contributed by atoms with Gasteiger partial charge in [-0.2, -0.15) is 0 Å². The summed E-state index contributed by atoms with van der Waals surface area (Å²) < 4.78 is 0. The molecule has 0 saturated carbocycles. The number of hydrogen-bond donors (Lipinski definition) is 1. The van der Waals surface area contributed by atoms with Crippen molar-refractivity contribution in [2.45, 2.75) is 31.7 Å². The highest BCUT2D eigenvalue weighted by Crippen LogP contribution is 2.39. The van der Waals surface area contributed by atoms with E-state index in [4.69, 9.17) is 0 Å². The van der Waals surface area contributed by atoms with Gasteiger partial charge in [-0.1, -0.05) is 91.0 Å². The second-order valence-electron chi connectivity index (χ2n) is 7.55. The molecule has 0 aliphatic rings. The van der Waals surface area contributed by atoms with E-state index in [0.29, 0.717) is 0 Å². The first-order valence-corrected chi connectivity index (χ1v) is 8.94. The Labute approximate surface area is 155 Å². The van der Waals surface area contributed by atoms with E-state index in [1.54, 1.807) is 0 Å². The Morgan fingerprint density at radius 2 is 0.923 bits per heavy atom. The average molecular weight is 343 g/mol. The molecule has 132 valence electrons. The molecule has 1 N–H and O–H groups in total. The lowest BCUT2D eigenvalue weighted by molar-refractivity contribution is -0.125. The Morgan fingerprint density at radius 3 is 1.19 bits per heavy atom. The van der Waals surface area contributed by atoms with Crippen LogP contribution in [0.5, 0.6) is 0 Å². The van der Waals surface area contributed by atoms with Crippen molar-refractivity contribution in [3.05, 3.63) is 108 Å². The van der Waals surface area contributed by atoms with Gasteiger partial charge >= 0.3 is 0 Å². The van der Waals surface area contributed by atoms with Gasteiger partial charge in [0.15, 0.2) is 0 Å². The minimum atomic E-state index is -0.906. The largest absolute Gasteiger partial charge is 0.350 e. The van der Waals surface area contributed by atoms with E-state index >= 15 is 0 Å². The van der Waals surface area contributed by atoms with E-state index in [-0.39, 0.29) is 11.4 Å². The lowest BCUT2D eigenvalue weighted by atomic mass is 9.68. The predicted octanol–water partition coefficient (Wildman–Crippen LogP) is 4.94. The minimum absolute atomic E-state index is 0.0198. The highest BCUT2D eigenvalue weighted by Gasteiger charge is 2.44. The molecular formula is C24H25NO. The van der Waals surface area contributed by atoms with Crippen LogP contribution in [0, 0.1) is 0 Å². The zero-order chi connectivity index (χ0) is 18.6. The van der Waals surface area contributed by atoms with Crippen LogP contribution < -0.4 is 5.32 Å². The Morgan fingerprint density at radius 1 is 0.615 bits per heavy atom. The van der Waals surface area contributed by atoms with Crippen molar-refractivity contribution in [1.29, 1.82) is 0 Å². The summed E-state index contributed by atoms with van der Waals surface area (Å²) in [5.41, 5.74) is 1.63. The van der Waals surface area contributed by atoms with Crippen LogP contribution >= 0.6 is 0 Å². The van der Waals surface area contributed by atoms with Crippen LogP contribution in [0.15, 0.2) is 91.0 Å². The third kappa shape index (κ3) is 3.41. The summed E-state index contributed by atoms with van der Waals surface area (Å²) in [6.45, 7) is 6.03. The second-order valence-corrected chi connectivity index (χ2v) is 7.55. The van der Waals surface area contributed by atoms with E-state index in [2.05, 4.69) is 5.32 Å². The number of nitrogens with one attached hydrogen (secondary N) is 1. The molecule has 0 saturated heterocycles. The lowest BCUT2D eigenvalue weighted by Crippen LogP contribution is -2.52. The molecule has 0 spiro atoms. The molecule has 0 fully saturated rings. The standard InChI is InChI=1S/C24H25NO/c1-23(2,3)25-22(26)24(19-13-7-4-8-14-19,20-15-9-5-10-16-20)21-17-11-6-12-18-21/h4-18H,1-3H3,(H,25,26). The molecule has 2 heteroatoms. The first-order chi connectivity index (χ1) is 12.4. The summed E-state index contributed by atoms with van der Waals surface area (Å²) in [5.74, 6) is -0.0198. The van der Waals surface area contributed by atoms with Gasteiger partial charge in [-0.3, -0.25) is 4.79 Å². The maximum absolute atomic E-state index is 13.8. The first kappa shape index (κ1) is 17.9. The van der Waals surface area contributed by atoms with Gasteiger partial charge in [0.1, 0.15) is 5.41 Å². The fourth-order valence-corrected chi connectivity index (χ4v) is 3.39. The van der Waals surface area contributed by atoms with Crippen molar-refractivity contribution in [2.75, 3.05) is 0 Å². The zero-order valence-electron chi connectivity index (χ0n) is 15.6. The molecule has 3 rings (SSSR count). The monoisotopic (exact) mass is 343 g/mol. The van der Waals surface area contributed by atoms with Crippen molar-refractivity contribution < 1.29 is 4.79 Å². The summed E-state index contributed by atoms with van der Waals surface area (Å²) in [6.07, 6.45) is 0. The van der Waals surface area contributed by atoms with Gasteiger partial charge in [0.05, 0.1) is 0 Å². The van der Waals surface area contributed by atoms with Crippen LogP contribution in [0.1, 0.15) is 37.5 Å². The predicted molar refractivity (Wildman–Crippen MR) is 107 cm³/mol. The maximum Gasteiger partial charge on any atom is 0.240 e. The van der Waals surface area contributed by atoms with Crippen LogP contribution in [0.4, 0.5) is 0 Å². The lowest BCUT2D eigenvalue weighted by Gasteiger charge is -2.37.